The maximum Gasteiger partial charge on any atom is 0.417 e. The summed E-state index contributed by atoms with van der Waals surface area (Å²) in [5, 5.41) is 2.91. The molecule has 26 heavy (non-hydrogen) atoms. The minimum absolute atomic E-state index is 0.0130. The lowest BCUT2D eigenvalue weighted by Gasteiger charge is -2.11. The van der Waals surface area contributed by atoms with Gasteiger partial charge in [-0.1, -0.05) is 17.7 Å². The van der Waals surface area contributed by atoms with Gasteiger partial charge in [0.05, 0.1) is 23.3 Å². The number of anilines is 1. The molecule has 0 aliphatic carbocycles. The molecule has 0 aliphatic rings. The molecule has 0 unspecified atom stereocenters. The van der Waals surface area contributed by atoms with Crippen molar-refractivity contribution in [1.29, 1.82) is 0 Å². The Labute approximate surface area is 152 Å². The van der Waals surface area contributed by atoms with Gasteiger partial charge in [-0.25, -0.2) is 0 Å². The molecule has 0 atom stereocenters. The number of halogens is 4. The lowest BCUT2D eigenvalue weighted by Crippen LogP contribution is -2.15. The van der Waals surface area contributed by atoms with Crippen LogP contribution in [0.3, 0.4) is 0 Å². The minimum atomic E-state index is -4.59. The number of carbonyl (C=O) groups is 1. The molecule has 7 heteroatoms. The van der Waals surface area contributed by atoms with Crippen molar-refractivity contribution in [3.63, 3.8) is 0 Å². The van der Waals surface area contributed by atoms with Gasteiger partial charge in [0.15, 0.2) is 0 Å². The maximum absolute atomic E-state index is 12.9. The van der Waals surface area contributed by atoms with Crippen molar-refractivity contribution in [3.05, 3.63) is 63.9 Å². The summed E-state index contributed by atoms with van der Waals surface area (Å²) < 4.78 is 44.2. The maximum atomic E-state index is 12.9. The highest BCUT2D eigenvalue weighted by atomic mass is 35.5. The van der Waals surface area contributed by atoms with Gasteiger partial charge in [0, 0.05) is 16.6 Å². The number of rotatable bonds is 3. The summed E-state index contributed by atoms with van der Waals surface area (Å²) in [5.41, 5.74) is 2.42. The van der Waals surface area contributed by atoms with E-state index in [1.54, 1.807) is 0 Å². The predicted octanol–water partition coefficient (Wildman–Crippen LogP) is 5.90. The molecule has 3 rings (SSSR count). The van der Waals surface area contributed by atoms with Gasteiger partial charge in [-0.15, -0.1) is 0 Å². The summed E-state index contributed by atoms with van der Waals surface area (Å²) in [6.45, 7) is 3.86. The predicted molar refractivity (Wildman–Crippen MR) is 94.5 cm³/mol. The van der Waals surface area contributed by atoms with Crippen LogP contribution >= 0.6 is 11.6 Å². The first-order chi connectivity index (χ1) is 12.1. The normalized spacial score (nSPS) is 11.8. The number of carbonyl (C=O) groups excluding carboxylic acids is 1. The molecule has 136 valence electrons. The highest BCUT2D eigenvalue weighted by Gasteiger charge is 2.33. The molecule has 0 radical (unpaired) electrons. The summed E-state index contributed by atoms with van der Waals surface area (Å²) in [5.74, 6) is -0.442. The van der Waals surface area contributed by atoms with Crippen molar-refractivity contribution in [1.82, 2.24) is 0 Å². The molecule has 0 aliphatic heterocycles. The number of fused-ring (bicyclic) bond motifs is 1. The van der Waals surface area contributed by atoms with Gasteiger partial charge < -0.3 is 9.73 Å². The fourth-order valence-corrected chi connectivity index (χ4v) is 3.18. The Morgan fingerprint density at radius 2 is 1.92 bits per heavy atom. The quantitative estimate of drug-likeness (QED) is 0.613. The van der Waals surface area contributed by atoms with Crippen LogP contribution in [-0.2, 0) is 17.4 Å². The molecule has 3 nitrogen and oxygen atoms in total. The van der Waals surface area contributed by atoms with Crippen LogP contribution in [0.1, 0.15) is 22.3 Å². The molecule has 3 aromatic rings. The van der Waals surface area contributed by atoms with E-state index in [4.69, 9.17) is 16.0 Å². The number of amides is 1. The van der Waals surface area contributed by atoms with E-state index in [9.17, 15) is 18.0 Å². The zero-order valence-electron chi connectivity index (χ0n) is 14.0. The van der Waals surface area contributed by atoms with E-state index in [1.807, 2.05) is 26.0 Å². The van der Waals surface area contributed by atoms with Gasteiger partial charge in [0.25, 0.3) is 0 Å². The van der Waals surface area contributed by atoms with Gasteiger partial charge in [-0.05, 0) is 49.2 Å². The van der Waals surface area contributed by atoms with E-state index in [0.29, 0.717) is 11.1 Å². The van der Waals surface area contributed by atoms with E-state index in [0.717, 1.165) is 28.6 Å². The molecule has 1 amide bonds. The second kappa shape index (κ2) is 6.68. The minimum Gasteiger partial charge on any atom is -0.464 e. The summed E-state index contributed by atoms with van der Waals surface area (Å²) in [6.07, 6.45) is -3.10. The highest BCUT2D eigenvalue weighted by Crippen LogP contribution is 2.36. The average Bonchev–Trinajstić information content (AvgIpc) is 2.90. The Kier molecular flexibility index (Phi) is 4.71. The molecule has 0 spiro atoms. The van der Waals surface area contributed by atoms with Crippen LogP contribution in [-0.4, -0.2) is 5.91 Å². The number of alkyl halides is 3. The Morgan fingerprint density at radius 3 is 2.62 bits per heavy atom. The molecule has 1 aromatic heterocycles. The highest BCUT2D eigenvalue weighted by molar-refractivity contribution is 6.31. The van der Waals surface area contributed by atoms with Gasteiger partial charge in [0.1, 0.15) is 5.58 Å². The first-order valence-electron chi connectivity index (χ1n) is 7.79. The lowest BCUT2D eigenvalue weighted by molar-refractivity contribution is -0.137. The molecule has 0 fully saturated rings. The largest absolute Gasteiger partial charge is 0.464 e. The van der Waals surface area contributed by atoms with E-state index < -0.39 is 22.7 Å². The second-order valence-corrected chi connectivity index (χ2v) is 6.54. The number of hydrogen-bond acceptors (Lipinski definition) is 2. The number of hydrogen-bond donors (Lipinski definition) is 1. The van der Waals surface area contributed by atoms with Gasteiger partial charge in [0.2, 0.25) is 5.91 Å². The molecule has 1 heterocycles. The summed E-state index contributed by atoms with van der Waals surface area (Å²) in [4.78, 5) is 12.3. The Bertz CT molecular complexity index is 992. The van der Waals surface area contributed by atoms with E-state index in [1.165, 1.54) is 12.3 Å². The smallest absolute Gasteiger partial charge is 0.417 e. The van der Waals surface area contributed by atoms with Crippen molar-refractivity contribution >= 4 is 34.2 Å². The fourth-order valence-electron chi connectivity index (χ4n) is 2.96. The third-order valence-corrected chi connectivity index (χ3v) is 4.33. The first kappa shape index (κ1) is 18.3. The fraction of sp³-hybridized carbons (Fsp3) is 0.211. The van der Waals surface area contributed by atoms with Crippen LogP contribution < -0.4 is 5.32 Å². The Hall–Kier alpha value is -2.47. The van der Waals surface area contributed by atoms with E-state index >= 15 is 0 Å². The van der Waals surface area contributed by atoms with Crippen molar-refractivity contribution in [2.45, 2.75) is 26.4 Å². The average molecular weight is 382 g/mol. The van der Waals surface area contributed by atoms with Crippen LogP contribution in [0.5, 0.6) is 0 Å². The van der Waals surface area contributed by atoms with Crippen LogP contribution in [0.15, 0.2) is 41.0 Å². The standard InChI is InChI=1S/C19H15ClF3NO2/c1-10-5-11(2)18-12(9-26-16(18)6-10)7-17(25)24-13-3-4-15(20)14(8-13)19(21,22)23/h3-6,8-9H,7H2,1-2H3,(H,24,25). The zero-order valence-corrected chi connectivity index (χ0v) is 14.8. The van der Waals surface area contributed by atoms with Crippen LogP contribution in [0.25, 0.3) is 11.0 Å². The molecule has 0 saturated carbocycles. The van der Waals surface area contributed by atoms with Crippen molar-refractivity contribution < 1.29 is 22.4 Å². The van der Waals surface area contributed by atoms with Crippen molar-refractivity contribution in [2.75, 3.05) is 5.32 Å². The van der Waals surface area contributed by atoms with Crippen LogP contribution in [0.4, 0.5) is 18.9 Å². The zero-order chi connectivity index (χ0) is 19.1. The van der Waals surface area contributed by atoms with Crippen LogP contribution in [0, 0.1) is 13.8 Å². The van der Waals surface area contributed by atoms with Crippen molar-refractivity contribution in [3.8, 4) is 0 Å². The van der Waals surface area contributed by atoms with Gasteiger partial charge in [-0.3, -0.25) is 4.79 Å². The molecular weight excluding hydrogens is 367 g/mol. The number of benzene rings is 2. The lowest BCUT2D eigenvalue weighted by atomic mass is 10.0. The molecule has 1 N–H and O–H groups in total. The molecular formula is C19H15ClF3NO2. The summed E-state index contributed by atoms with van der Waals surface area (Å²) in [7, 11) is 0. The third kappa shape index (κ3) is 3.70. The second-order valence-electron chi connectivity index (χ2n) is 6.13. The molecule has 2 aromatic carbocycles. The van der Waals surface area contributed by atoms with E-state index in [-0.39, 0.29) is 12.1 Å². The number of furan rings is 1. The molecule has 0 bridgehead atoms. The summed E-state index contributed by atoms with van der Waals surface area (Å²) >= 11 is 5.58. The van der Waals surface area contributed by atoms with Gasteiger partial charge >= 0.3 is 6.18 Å². The van der Waals surface area contributed by atoms with Gasteiger partial charge in [-0.2, -0.15) is 13.2 Å². The first-order valence-corrected chi connectivity index (χ1v) is 8.17. The third-order valence-electron chi connectivity index (χ3n) is 4.00. The molecule has 0 saturated heterocycles. The van der Waals surface area contributed by atoms with Crippen molar-refractivity contribution in [2.24, 2.45) is 0 Å². The monoisotopic (exact) mass is 381 g/mol. The van der Waals surface area contributed by atoms with E-state index in [2.05, 4.69) is 5.32 Å². The SMILES string of the molecule is Cc1cc(C)c2c(CC(=O)Nc3ccc(Cl)c(C(F)(F)F)c3)coc2c1. The topological polar surface area (TPSA) is 42.2 Å². The Morgan fingerprint density at radius 1 is 1.19 bits per heavy atom. The van der Waals surface area contributed by atoms with Crippen LogP contribution in [0.2, 0.25) is 5.02 Å². The Balaban J connectivity index is 1.82. The summed E-state index contributed by atoms with van der Waals surface area (Å²) in [6, 6.07) is 7.12. The number of aryl methyl sites for hydroxylation is 2. The number of nitrogens with one attached hydrogen (secondary N) is 1.